The summed E-state index contributed by atoms with van der Waals surface area (Å²) in [5, 5.41) is 9.07. The van der Waals surface area contributed by atoms with Crippen LogP contribution in [0.25, 0.3) is 0 Å². The van der Waals surface area contributed by atoms with Gasteiger partial charge in [0.05, 0.1) is 20.1 Å². The predicted molar refractivity (Wildman–Crippen MR) is 65.9 cm³/mol. The van der Waals surface area contributed by atoms with Gasteiger partial charge in [-0.1, -0.05) is 6.07 Å². The van der Waals surface area contributed by atoms with Crippen molar-refractivity contribution in [1.29, 1.82) is 0 Å². The maximum Gasteiger partial charge on any atom is 0.390 e. The molecule has 0 aliphatic carbocycles. The number of aliphatic hydroxyl groups is 1. The molecule has 1 aromatic rings. The lowest BCUT2D eigenvalue weighted by Crippen LogP contribution is -2.24. The quantitative estimate of drug-likeness (QED) is 0.867. The molecular weight excluding hydrogens is 259 g/mol. The van der Waals surface area contributed by atoms with Gasteiger partial charge in [-0.3, -0.25) is 0 Å². The van der Waals surface area contributed by atoms with Gasteiger partial charge in [0.2, 0.25) is 0 Å². The van der Waals surface area contributed by atoms with Gasteiger partial charge in [-0.15, -0.1) is 0 Å². The van der Waals surface area contributed by atoms with Gasteiger partial charge in [-0.25, -0.2) is 0 Å². The highest BCUT2D eigenvalue weighted by molar-refractivity contribution is 5.37. The third kappa shape index (κ3) is 5.48. The molecule has 108 valence electrons. The number of ether oxygens (including phenoxy) is 1. The molecule has 0 spiro atoms. The zero-order valence-corrected chi connectivity index (χ0v) is 11.0. The minimum absolute atomic E-state index is 0.0734. The van der Waals surface area contributed by atoms with Gasteiger partial charge < -0.3 is 14.7 Å². The van der Waals surface area contributed by atoms with Crippen molar-refractivity contribution >= 4 is 0 Å². The molecule has 0 aromatic heterocycles. The zero-order chi connectivity index (χ0) is 14.5. The number of aliphatic hydroxyl groups excluding tert-OH is 1. The number of hydrogen-bond acceptors (Lipinski definition) is 3. The van der Waals surface area contributed by atoms with Crippen molar-refractivity contribution in [3.8, 4) is 5.75 Å². The van der Waals surface area contributed by atoms with Crippen LogP contribution in [0.4, 0.5) is 13.2 Å². The summed E-state index contributed by atoms with van der Waals surface area (Å²) in [5.41, 5.74) is 1.47. The fraction of sp³-hybridized carbons (Fsp3) is 0.538. The summed E-state index contributed by atoms with van der Waals surface area (Å²) in [4.78, 5) is 1.58. The summed E-state index contributed by atoms with van der Waals surface area (Å²) in [7, 11) is 3.13. The number of hydrogen-bond donors (Lipinski definition) is 1. The summed E-state index contributed by atoms with van der Waals surface area (Å²) in [6.07, 6.45) is -4.99. The average molecular weight is 277 g/mol. The molecule has 19 heavy (non-hydrogen) atoms. The average Bonchev–Trinajstić information content (AvgIpc) is 2.35. The molecule has 3 nitrogen and oxygen atoms in total. The molecule has 0 bridgehead atoms. The van der Waals surface area contributed by atoms with Crippen molar-refractivity contribution < 1.29 is 23.0 Å². The van der Waals surface area contributed by atoms with Gasteiger partial charge in [0, 0.05) is 18.7 Å². The molecule has 6 heteroatoms. The number of alkyl halides is 3. The first kappa shape index (κ1) is 15.8. The Kier molecular flexibility index (Phi) is 5.62. The van der Waals surface area contributed by atoms with Crippen LogP contribution in [-0.4, -0.2) is 36.9 Å². The van der Waals surface area contributed by atoms with E-state index in [9.17, 15) is 13.2 Å². The van der Waals surface area contributed by atoms with Crippen LogP contribution in [0.5, 0.6) is 5.75 Å². The summed E-state index contributed by atoms with van der Waals surface area (Å²) in [6.45, 7) is 0.159. The van der Waals surface area contributed by atoms with Crippen molar-refractivity contribution in [3.05, 3.63) is 29.3 Å². The molecule has 0 fully saturated rings. The van der Waals surface area contributed by atoms with Crippen LogP contribution in [0.1, 0.15) is 17.5 Å². The number of methoxy groups -OCH3 is 1. The van der Waals surface area contributed by atoms with E-state index in [0.717, 1.165) is 5.56 Å². The topological polar surface area (TPSA) is 32.7 Å². The second-order valence-electron chi connectivity index (χ2n) is 4.41. The number of nitrogens with zero attached hydrogens (tertiary/aromatic N) is 1. The Hall–Kier alpha value is -1.27. The SMILES string of the molecule is COc1ccc(CO)cc1CN(C)CCC(F)(F)F. The lowest BCUT2D eigenvalue weighted by Gasteiger charge is -2.19. The molecule has 1 rings (SSSR count). The second kappa shape index (κ2) is 6.77. The number of halogens is 3. The molecule has 0 unspecified atom stereocenters. The van der Waals surface area contributed by atoms with E-state index < -0.39 is 12.6 Å². The van der Waals surface area contributed by atoms with Gasteiger partial charge in [0.1, 0.15) is 5.75 Å². The van der Waals surface area contributed by atoms with E-state index in [1.807, 2.05) is 0 Å². The van der Waals surface area contributed by atoms with E-state index in [-0.39, 0.29) is 13.2 Å². The van der Waals surface area contributed by atoms with E-state index in [0.29, 0.717) is 17.9 Å². The summed E-state index contributed by atoms with van der Waals surface area (Å²) in [5.74, 6) is 0.607. The third-order valence-electron chi connectivity index (χ3n) is 2.74. The van der Waals surface area contributed by atoms with Crippen LogP contribution >= 0.6 is 0 Å². The van der Waals surface area contributed by atoms with E-state index in [1.54, 1.807) is 30.1 Å². The Bertz CT molecular complexity index is 407. The van der Waals surface area contributed by atoms with Crippen molar-refractivity contribution in [2.75, 3.05) is 20.7 Å². The minimum Gasteiger partial charge on any atom is -0.496 e. The minimum atomic E-state index is -4.15. The Labute approximate surface area is 110 Å². The maximum atomic E-state index is 12.1. The Morgan fingerprint density at radius 1 is 1.32 bits per heavy atom. The molecule has 0 radical (unpaired) electrons. The number of rotatable bonds is 6. The monoisotopic (exact) mass is 277 g/mol. The Morgan fingerprint density at radius 3 is 2.53 bits per heavy atom. The van der Waals surface area contributed by atoms with Crippen molar-refractivity contribution in [2.24, 2.45) is 0 Å². The summed E-state index contributed by atoms with van der Waals surface area (Å²) >= 11 is 0. The van der Waals surface area contributed by atoms with E-state index in [4.69, 9.17) is 9.84 Å². The standard InChI is InChI=1S/C13H18F3NO2/c1-17(6-5-13(14,15)16)8-11-7-10(9-18)3-4-12(11)19-2/h3-4,7,18H,5-6,8-9H2,1-2H3. The van der Waals surface area contributed by atoms with Crippen molar-refractivity contribution in [3.63, 3.8) is 0 Å². The molecule has 1 N–H and O–H groups in total. The van der Waals surface area contributed by atoms with Crippen LogP contribution in [0.2, 0.25) is 0 Å². The summed E-state index contributed by atoms with van der Waals surface area (Å²) < 4.78 is 41.6. The normalized spacial score (nSPS) is 11.9. The molecule has 0 heterocycles. The lowest BCUT2D eigenvalue weighted by atomic mass is 10.1. The smallest absolute Gasteiger partial charge is 0.390 e. The lowest BCUT2D eigenvalue weighted by molar-refractivity contribution is -0.137. The zero-order valence-electron chi connectivity index (χ0n) is 11.0. The molecule has 0 aliphatic heterocycles. The van der Waals surface area contributed by atoms with E-state index >= 15 is 0 Å². The van der Waals surface area contributed by atoms with Gasteiger partial charge in [0.15, 0.2) is 0 Å². The fourth-order valence-corrected chi connectivity index (χ4v) is 1.74. The molecule has 0 saturated carbocycles. The number of benzene rings is 1. The van der Waals surface area contributed by atoms with E-state index in [2.05, 4.69) is 0 Å². The molecule has 1 aromatic carbocycles. The molecular formula is C13H18F3NO2. The first-order valence-corrected chi connectivity index (χ1v) is 5.87. The van der Waals surface area contributed by atoms with Gasteiger partial charge in [0.25, 0.3) is 0 Å². The van der Waals surface area contributed by atoms with Gasteiger partial charge in [-0.2, -0.15) is 13.2 Å². The predicted octanol–water partition coefficient (Wildman–Crippen LogP) is 2.57. The van der Waals surface area contributed by atoms with Crippen LogP contribution in [0, 0.1) is 0 Å². The van der Waals surface area contributed by atoms with Crippen LogP contribution < -0.4 is 4.74 Å². The fourth-order valence-electron chi connectivity index (χ4n) is 1.74. The van der Waals surface area contributed by atoms with Gasteiger partial charge >= 0.3 is 6.18 Å². The molecule has 0 atom stereocenters. The molecule has 0 amide bonds. The third-order valence-corrected chi connectivity index (χ3v) is 2.74. The Morgan fingerprint density at radius 2 is 2.00 bits per heavy atom. The first-order chi connectivity index (χ1) is 8.85. The second-order valence-corrected chi connectivity index (χ2v) is 4.41. The van der Waals surface area contributed by atoms with Crippen molar-refractivity contribution in [1.82, 2.24) is 4.90 Å². The van der Waals surface area contributed by atoms with Crippen LogP contribution in [0.3, 0.4) is 0 Å². The van der Waals surface area contributed by atoms with Crippen LogP contribution in [-0.2, 0) is 13.2 Å². The first-order valence-electron chi connectivity index (χ1n) is 5.87. The van der Waals surface area contributed by atoms with E-state index in [1.165, 1.54) is 7.11 Å². The van der Waals surface area contributed by atoms with Gasteiger partial charge in [-0.05, 0) is 24.7 Å². The highest BCUT2D eigenvalue weighted by Crippen LogP contribution is 2.23. The molecule has 0 aliphatic rings. The molecule has 0 saturated heterocycles. The highest BCUT2D eigenvalue weighted by Gasteiger charge is 2.27. The van der Waals surface area contributed by atoms with Crippen LogP contribution in [0.15, 0.2) is 18.2 Å². The highest BCUT2D eigenvalue weighted by atomic mass is 19.4. The Balaban J connectivity index is 2.69. The van der Waals surface area contributed by atoms with Crippen molar-refractivity contribution in [2.45, 2.75) is 25.7 Å². The largest absolute Gasteiger partial charge is 0.496 e. The maximum absolute atomic E-state index is 12.1. The summed E-state index contributed by atoms with van der Waals surface area (Å²) in [6, 6.07) is 5.17.